The van der Waals surface area contributed by atoms with Crippen molar-refractivity contribution in [3.8, 4) is 11.4 Å². The lowest BCUT2D eigenvalue weighted by Gasteiger charge is -2.08. The Hall–Kier alpha value is -2.04. The van der Waals surface area contributed by atoms with Crippen LogP contribution in [0.25, 0.3) is 11.4 Å². The van der Waals surface area contributed by atoms with Crippen LogP contribution in [0.2, 0.25) is 0 Å². The van der Waals surface area contributed by atoms with Crippen LogP contribution in [-0.2, 0) is 0 Å². The van der Waals surface area contributed by atoms with Crippen LogP contribution in [0.3, 0.4) is 0 Å². The molecule has 0 amide bonds. The zero-order chi connectivity index (χ0) is 13.1. The number of hydrogen-bond donors (Lipinski definition) is 1. The number of nitrogens with one attached hydrogen (secondary N) is 1. The number of hydrogen-bond acceptors (Lipinski definition) is 5. The summed E-state index contributed by atoms with van der Waals surface area (Å²) < 4.78 is 0. The van der Waals surface area contributed by atoms with Gasteiger partial charge in [0.05, 0.1) is 11.9 Å². The fraction of sp³-hybridized carbons (Fsp3) is 0.429. The van der Waals surface area contributed by atoms with Gasteiger partial charge in [-0.05, 0) is 19.3 Å². The van der Waals surface area contributed by atoms with E-state index in [-0.39, 0.29) is 0 Å². The first-order valence-corrected chi connectivity index (χ1v) is 6.76. The standard InChI is InChI=1S/C14H17N5/c1-2-5-17-13-8-11(12-9-15-6-7-16-12)18-14(19-13)10-3-4-10/h6-10H,2-5H2,1H3,(H,17,18,19). The Morgan fingerprint density at radius 3 is 2.79 bits per heavy atom. The highest BCUT2D eigenvalue weighted by Gasteiger charge is 2.27. The maximum atomic E-state index is 4.62. The van der Waals surface area contributed by atoms with Crippen molar-refractivity contribution in [1.29, 1.82) is 0 Å². The van der Waals surface area contributed by atoms with Gasteiger partial charge in [0.25, 0.3) is 0 Å². The van der Waals surface area contributed by atoms with E-state index < -0.39 is 0 Å². The van der Waals surface area contributed by atoms with Crippen LogP contribution >= 0.6 is 0 Å². The van der Waals surface area contributed by atoms with Gasteiger partial charge in [0.2, 0.25) is 0 Å². The molecule has 1 aliphatic rings. The summed E-state index contributed by atoms with van der Waals surface area (Å²) in [4.78, 5) is 17.6. The van der Waals surface area contributed by atoms with Crippen molar-refractivity contribution in [2.75, 3.05) is 11.9 Å². The summed E-state index contributed by atoms with van der Waals surface area (Å²) in [7, 11) is 0. The van der Waals surface area contributed by atoms with Gasteiger partial charge in [-0.25, -0.2) is 9.97 Å². The van der Waals surface area contributed by atoms with E-state index in [1.165, 1.54) is 12.8 Å². The molecular weight excluding hydrogens is 238 g/mol. The maximum absolute atomic E-state index is 4.62. The van der Waals surface area contributed by atoms with E-state index in [4.69, 9.17) is 0 Å². The Kier molecular flexibility index (Phi) is 3.35. The zero-order valence-corrected chi connectivity index (χ0v) is 11.0. The maximum Gasteiger partial charge on any atom is 0.134 e. The third-order valence-electron chi connectivity index (χ3n) is 3.07. The Morgan fingerprint density at radius 2 is 2.11 bits per heavy atom. The smallest absolute Gasteiger partial charge is 0.134 e. The number of aromatic nitrogens is 4. The van der Waals surface area contributed by atoms with Crippen LogP contribution in [0.4, 0.5) is 5.82 Å². The molecule has 98 valence electrons. The molecule has 1 saturated carbocycles. The Balaban J connectivity index is 1.96. The largest absolute Gasteiger partial charge is 0.370 e. The molecule has 0 unspecified atom stereocenters. The Morgan fingerprint density at radius 1 is 1.21 bits per heavy atom. The highest BCUT2D eigenvalue weighted by Crippen LogP contribution is 2.39. The van der Waals surface area contributed by atoms with Gasteiger partial charge in [-0.3, -0.25) is 9.97 Å². The van der Waals surface area contributed by atoms with E-state index >= 15 is 0 Å². The lowest BCUT2D eigenvalue weighted by Crippen LogP contribution is -2.06. The third kappa shape index (κ3) is 2.86. The molecule has 1 N–H and O–H groups in total. The molecule has 0 spiro atoms. The fourth-order valence-electron chi connectivity index (χ4n) is 1.90. The Labute approximate surface area is 112 Å². The van der Waals surface area contributed by atoms with E-state index in [1.807, 2.05) is 6.07 Å². The molecule has 3 rings (SSSR count). The van der Waals surface area contributed by atoms with Crippen molar-refractivity contribution in [3.05, 3.63) is 30.5 Å². The van der Waals surface area contributed by atoms with Gasteiger partial charge in [0.1, 0.15) is 17.3 Å². The van der Waals surface area contributed by atoms with Gasteiger partial charge in [-0.2, -0.15) is 0 Å². The van der Waals surface area contributed by atoms with Gasteiger partial charge in [0.15, 0.2) is 0 Å². The van der Waals surface area contributed by atoms with Crippen molar-refractivity contribution in [2.24, 2.45) is 0 Å². The molecule has 2 aromatic heterocycles. The molecule has 0 bridgehead atoms. The van der Waals surface area contributed by atoms with Crippen LogP contribution in [0.15, 0.2) is 24.7 Å². The minimum Gasteiger partial charge on any atom is -0.370 e. The number of nitrogens with zero attached hydrogens (tertiary/aromatic N) is 4. The molecule has 0 saturated heterocycles. The molecule has 5 nitrogen and oxygen atoms in total. The van der Waals surface area contributed by atoms with Crippen LogP contribution in [0, 0.1) is 0 Å². The minimum atomic E-state index is 0.527. The highest BCUT2D eigenvalue weighted by molar-refractivity contribution is 5.57. The second-order valence-electron chi connectivity index (χ2n) is 4.79. The molecule has 1 fully saturated rings. The Bertz CT molecular complexity index is 551. The molecule has 0 aromatic carbocycles. The monoisotopic (exact) mass is 255 g/mol. The van der Waals surface area contributed by atoms with Crippen LogP contribution in [-0.4, -0.2) is 26.5 Å². The van der Waals surface area contributed by atoms with E-state index in [0.29, 0.717) is 5.92 Å². The normalized spacial score (nSPS) is 14.4. The SMILES string of the molecule is CCCNc1cc(-c2cnccn2)nc(C2CC2)n1. The summed E-state index contributed by atoms with van der Waals surface area (Å²) in [5.74, 6) is 2.35. The van der Waals surface area contributed by atoms with Crippen molar-refractivity contribution in [2.45, 2.75) is 32.1 Å². The van der Waals surface area contributed by atoms with Gasteiger partial charge in [0, 0.05) is 30.9 Å². The molecule has 2 heterocycles. The van der Waals surface area contributed by atoms with Crippen LogP contribution < -0.4 is 5.32 Å². The van der Waals surface area contributed by atoms with Crippen molar-refractivity contribution in [1.82, 2.24) is 19.9 Å². The van der Waals surface area contributed by atoms with E-state index in [2.05, 4.69) is 32.2 Å². The summed E-state index contributed by atoms with van der Waals surface area (Å²) in [5, 5.41) is 3.33. The summed E-state index contributed by atoms with van der Waals surface area (Å²) in [6.45, 7) is 3.06. The minimum absolute atomic E-state index is 0.527. The van der Waals surface area contributed by atoms with Crippen LogP contribution in [0.5, 0.6) is 0 Å². The van der Waals surface area contributed by atoms with Gasteiger partial charge in [-0.1, -0.05) is 6.92 Å². The molecule has 0 atom stereocenters. The molecule has 5 heteroatoms. The molecule has 0 aliphatic heterocycles. The first-order valence-electron chi connectivity index (χ1n) is 6.76. The van der Waals surface area contributed by atoms with E-state index in [1.54, 1.807) is 18.6 Å². The van der Waals surface area contributed by atoms with Gasteiger partial charge < -0.3 is 5.32 Å². The third-order valence-corrected chi connectivity index (χ3v) is 3.07. The molecule has 19 heavy (non-hydrogen) atoms. The van der Waals surface area contributed by atoms with Crippen molar-refractivity contribution in [3.63, 3.8) is 0 Å². The van der Waals surface area contributed by atoms with Crippen molar-refractivity contribution < 1.29 is 0 Å². The molecular formula is C14H17N5. The predicted molar refractivity (Wildman–Crippen MR) is 73.8 cm³/mol. The molecule has 2 aromatic rings. The average Bonchev–Trinajstić information content (AvgIpc) is 3.30. The second kappa shape index (κ2) is 5.30. The summed E-state index contributed by atoms with van der Waals surface area (Å²) >= 11 is 0. The summed E-state index contributed by atoms with van der Waals surface area (Å²) in [5.41, 5.74) is 1.65. The lowest BCUT2D eigenvalue weighted by atomic mass is 10.2. The van der Waals surface area contributed by atoms with Crippen molar-refractivity contribution >= 4 is 5.82 Å². The summed E-state index contributed by atoms with van der Waals surface area (Å²) in [6.07, 6.45) is 8.55. The van der Waals surface area contributed by atoms with E-state index in [9.17, 15) is 0 Å². The fourth-order valence-corrected chi connectivity index (χ4v) is 1.90. The first kappa shape index (κ1) is 12.0. The highest BCUT2D eigenvalue weighted by atomic mass is 15.0. The lowest BCUT2D eigenvalue weighted by molar-refractivity contribution is 0.909. The number of anilines is 1. The van der Waals surface area contributed by atoms with Crippen LogP contribution in [0.1, 0.15) is 37.9 Å². The molecule has 0 radical (unpaired) electrons. The average molecular weight is 255 g/mol. The topological polar surface area (TPSA) is 63.6 Å². The quantitative estimate of drug-likeness (QED) is 0.889. The van der Waals surface area contributed by atoms with Gasteiger partial charge in [-0.15, -0.1) is 0 Å². The van der Waals surface area contributed by atoms with E-state index in [0.717, 1.165) is 36.0 Å². The molecule has 1 aliphatic carbocycles. The summed E-state index contributed by atoms with van der Waals surface area (Å²) in [6, 6.07) is 1.95. The second-order valence-corrected chi connectivity index (χ2v) is 4.79. The predicted octanol–water partition coefficient (Wildman–Crippen LogP) is 2.63. The first-order chi connectivity index (χ1) is 9.36. The number of rotatable bonds is 5. The zero-order valence-electron chi connectivity index (χ0n) is 11.0. The van der Waals surface area contributed by atoms with Gasteiger partial charge >= 0.3 is 0 Å².